The standard InChI is InChI=1S/C10H13NO/c1-10-6-4-3-5-8(10)7-11(2)9(10)12/h4-6H,3,7H2,1-2H3. The van der Waals surface area contributed by atoms with Crippen molar-refractivity contribution >= 4 is 5.91 Å². The van der Waals surface area contributed by atoms with Crippen LogP contribution in [0.3, 0.4) is 0 Å². The smallest absolute Gasteiger partial charge is 0.236 e. The fourth-order valence-corrected chi connectivity index (χ4v) is 1.99. The lowest BCUT2D eigenvalue weighted by atomic mass is 9.81. The molecule has 0 saturated carbocycles. The van der Waals surface area contributed by atoms with Gasteiger partial charge in [-0.1, -0.05) is 18.2 Å². The molecule has 1 atom stereocenters. The van der Waals surface area contributed by atoms with Crippen LogP contribution in [0.25, 0.3) is 0 Å². The molecule has 0 aromatic carbocycles. The van der Waals surface area contributed by atoms with Crippen molar-refractivity contribution in [2.75, 3.05) is 13.6 Å². The maximum absolute atomic E-state index is 11.7. The predicted molar refractivity (Wildman–Crippen MR) is 47.6 cm³/mol. The molecular weight excluding hydrogens is 150 g/mol. The number of likely N-dealkylation sites (N-methyl/N-ethyl adjacent to an activating group) is 1. The van der Waals surface area contributed by atoms with E-state index in [1.54, 1.807) is 4.90 Å². The zero-order chi connectivity index (χ0) is 8.77. The van der Waals surface area contributed by atoms with Crippen LogP contribution in [-0.4, -0.2) is 24.4 Å². The van der Waals surface area contributed by atoms with E-state index in [4.69, 9.17) is 0 Å². The number of allylic oxidation sites excluding steroid dienone is 2. The minimum atomic E-state index is -0.312. The Hall–Kier alpha value is -1.05. The van der Waals surface area contributed by atoms with E-state index >= 15 is 0 Å². The Balaban J connectivity index is 2.46. The van der Waals surface area contributed by atoms with Crippen LogP contribution in [-0.2, 0) is 4.79 Å². The summed E-state index contributed by atoms with van der Waals surface area (Å²) in [5.41, 5.74) is 0.949. The van der Waals surface area contributed by atoms with Crippen molar-refractivity contribution in [3.63, 3.8) is 0 Å². The highest BCUT2D eigenvalue weighted by atomic mass is 16.2. The number of amides is 1. The molecule has 2 nitrogen and oxygen atoms in total. The van der Waals surface area contributed by atoms with Gasteiger partial charge in [-0.05, 0) is 18.9 Å². The SMILES string of the molecule is CN1CC2=CCC=CC2(C)C1=O. The van der Waals surface area contributed by atoms with Gasteiger partial charge in [0.1, 0.15) is 0 Å². The summed E-state index contributed by atoms with van der Waals surface area (Å²) >= 11 is 0. The molecule has 0 aromatic heterocycles. The average molecular weight is 163 g/mol. The lowest BCUT2D eigenvalue weighted by Gasteiger charge is -2.21. The number of hydrogen-bond acceptors (Lipinski definition) is 1. The molecular formula is C10H13NO. The molecule has 64 valence electrons. The molecule has 2 aliphatic rings. The van der Waals surface area contributed by atoms with Crippen molar-refractivity contribution in [2.24, 2.45) is 5.41 Å². The molecule has 1 heterocycles. The molecule has 1 fully saturated rings. The molecule has 0 N–H and O–H groups in total. The molecule has 0 aromatic rings. The highest BCUT2D eigenvalue weighted by Crippen LogP contribution is 2.39. The Morgan fingerprint density at radius 2 is 2.33 bits per heavy atom. The molecule has 2 heteroatoms. The van der Waals surface area contributed by atoms with Crippen LogP contribution in [0.1, 0.15) is 13.3 Å². The average Bonchev–Trinajstić information content (AvgIpc) is 2.28. The third-order valence-electron chi connectivity index (χ3n) is 2.82. The lowest BCUT2D eigenvalue weighted by Crippen LogP contribution is -2.29. The van der Waals surface area contributed by atoms with Crippen LogP contribution in [0.15, 0.2) is 23.8 Å². The van der Waals surface area contributed by atoms with Gasteiger partial charge in [-0.3, -0.25) is 4.79 Å². The molecule has 1 unspecified atom stereocenters. The molecule has 0 spiro atoms. The zero-order valence-electron chi connectivity index (χ0n) is 7.50. The number of hydrogen-bond donors (Lipinski definition) is 0. The third-order valence-corrected chi connectivity index (χ3v) is 2.82. The molecule has 1 aliphatic heterocycles. The Labute approximate surface area is 72.6 Å². The van der Waals surface area contributed by atoms with Gasteiger partial charge in [0.15, 0.2) is 0 Å². The Bertz CT molecular complexity index is 290. The summed E-state index contributed by atoms with van der Waals surface area (Å²) < 4.78 is 0. The number of carbonyl (C=O) groups excluding carboxylic acids is 1. The molecule has 0 bridgehead atoms. The Morgan fingerprint density at radius 3 is 3.00 bits per heavy atom. The van der Waals surface area contributed by atoms with E-state index in [1.165, 1.54) is 5.57 Å². The normalized spacial score (nSPS) is 33.7. The number of carbonyl (C=O) groups is 1. The van der Waals surface area contributed by atoms with Crippen molar-refractivity contribution in [2.45, 2.75) is 13.3 Å². The van der Waals surface area contributed by atoms with Crippen LogP contribution >= 0.6 is 0 Å². The van der Waals surface area contributed by atoms with Gasteiger partial charge in [-0.25, -0.2) is 0 Å². The predicted octanol–water partition coefficient (Wildman–Crippen LogP) is 1.35. The van der Waals surface area contributed by atoms with Gasteiger partial charge in [-0.15, -0.1) is 0 Å². The van der Waals surface area contributed by atoms with Crippen molar-refractivity contribution in [3.8, 4) is 0 Å². The summed E-state index contributed by atoms with van der Waals surface area (Å²) in [5, 5.41) is 0. The fourth-order valence-electron chi connectivity index (χ4n) is 1.99. The van der Waals surface area contributed by atoms with Crippen LogP contribution in [0.5, 0.6) is 0 Å². The largest absolute Gasteiger partial charge is 0.341 e. The van der Waals surface area contributed by atoms with Crippen LogP contribution < -0.4 is 0 Å². The number of likely N-dealkylation sites (tertiary alicyclic amines) is 1. The van der Waals surface area contributed by atoms with Crippen LogP contribution in [0.2, 0.25) is 0 Å². The third kappa shape index (κ3) is 0.779. The second kappa shape index (κ2) is 2.22. The van der Waals surface area contributed by atoms with Gasteiger partial charge >= 0.3 is 0 Å². The van der Waals surface area contributed by atoms with Crippen molar-refractivity contribution < 1.29 is 4.79 Å². The van der Waals surface area contributed by atoms with E-state index < -0.39 is 0 Å². The van der Waals surface area contributed by atoms with Crippen molar-refractivity contribution in [1.82, 2.24) is 4.90 Å². The van der Waals surface area contributed by atoms with E-state index in [9.17, 15) is 4.79 Å². The number of fused-ring (bicyclic) bond motifs is 1. The fraction of sp³-hybridized carbons (Fsp3) is 0.500. The minimum Gasteiger partial charge on any atom is -0.341 e. The summed E-state index contributed by atoms with van der Waals surface area (Å²) in [6.45, 7) is 2.81. The Kier molecular flexibility index (Phi) is 1.40. The van der Waals surface area contributed by atoms with Crippen molar-refractivity contribution in [3.05, 3.63) is 23.8 Å². The zero-order valence-corrected chi connectivity index (χ0v) is 7.50. The minimum absolute atomic E-state index is 0.227. The van der Waals surface area contributed by atoms with Crippen molar-refractivity contribution in [1.29, 1.82) is 0 Å². The summed E-state index contributed by atoms with van der Waals surface area (Å²) in [4.78, 5) is 13.5. The second-order valence-electron chi connectivity index (χ2n) is 3.73. The molecule has 0 radical (unpaired) electrons. The molecule has 1 amide bonds. The Morgan fingerprint density at radius 1 is 1.58 bits per heavy atom. The maximum Gasteiger partial charge on any atom is 0.236 e. The monoisotopic (exact) mass is 163 g/mol. The van der Waals surface area contributed by atoms with E-state index in [2.05, 4.69) is 12.2 Å². The first-order chi connectivity index (χ1) is 5.64. The van der Waals surface area contributed by atoms with Gasteiger partial charge in [0.25, 0.3) is 0 Å². The summed E-state index contributed by atoms with van der Waals surface area (Å²) in [6.07, 6.45) is 7.25. The number of nitrogens with zero attached hydrogens (tertiary/aromatic N) is 1. The summed E-state index contributed by atoms with van der Waals surface area (Å²) in [6, 6.07) is 0. The lowest BCUT2D eigenvalue weighted by molar-refractivity contribution is -0.131. The molecule has 12 heavy (non-hydrogen) atoms. The highest BCUT2D eigenvalue weighted by molar-refractivity contribution is 5.91. The van der Waals surface area contributed by atoms with Gasteiger partial charge in [-0.2, -0.15) is 0 Å². The first-order valence-electron chi connectivity index (χ1n) is 4.27. The van der Waals surface area contributed by atoms with Crippen LogP contribution in [0, 0.1) is 5.41 Å². The van der Waals surface area contributed by atoms with Gasteiger partial charge in [0.2, 0.25) is 5.91 Å². The maximum atomic E-state index is 11.7. The summed E-state index contributed by atoms with van der Waals surface area (Å²) in [5.74, 6) is 0.227. The van der Waals surface area contributed by atoms with E-state index in [-0.39, 0.29) is 11.3 Å². The van der Waals surface area contributed by atoms with E-state index in [1.807, 2.05) is 20.0 Å². The second-order valence-corrected chi connectivity index (χ2v) is 3.73. The van der Waals surface area contributed by atoms with E-state index in [0.29, 0.717) is 0 Å². The van der Waals surface area contributed by atoms with Gasteiger partial charge in [0.05, 0.1) is 5.41 Å². The van der Waals surface area contributed by atoms with Crippen LogP contribution in [0.4, 0.5) is 0 Å². The molecule has 1 aliphatic carbocycles. The van der Waals surface area contributed by atoms with Gasteiger partial charge < -0.3 is 4.90 Å². The highest BCUT2D eigenvalue weighted by Gasteiger charge is 2.43. The summed E-state index contributed by atoms with van der Waals surface area (Å²) in [7, 11) is 1.86. The first-order valence-corrected chi connectivity index (χ1v) is 4.27. The number of rotatable bonds is 0. The first kappa shape index (κ1) is 7.59. The quantitative estimate of drug-likeness (QED) is 0.494. The van der Waals surface area contributed by atoms with E-state index in [0.717, 1.165) is 13.0 Å². The van der Waals surface area contributed by atoms with Gasteiger partial charge in [0, 0.05) is 13.6 Å². The topological polar surface area (TPSA) is 20.3 Å². The molecule has 2 rings (SSSR count). The molecule has 1 saturated heterocycles.